The molecule has 2 fully saturated rings. The third-order valence-electron chi connectivity index (χ3n) is 2.74. The van der Waals surface area contributed by atoms with Gasteiger partial charge in [-0.1, -0.05) is 0 Å². The number of urea groups is 1. The molecule has 2 aliphatic heterocycles. The van der Waals surface area contributed by atoms with E-state index in [-0.39, 0.29) is 6.54 Å². The fourth-order valence-electron chi connectivity index (χ4n) is 1.75. The lowest BCUT2D eigenvalue weighted by Crippen LogP contribution is -2.36. The molecule has 2 saturated heterocycles. The minimum absolute atomic E-state index is 0.137. The lowest BCUT2D eigenvalue weighted by Gasteiger charge is -2.24. The molecule has 0 aromatic carbocycles. The molecular weight excluding hydrogens is 228 g/mol. The van der Waals surface area contributed by atoms with Gasteiger partial charge in [0.2, 0.25) is 0 Å². The number of likely N-dealkylation sites (N-methyl/N-ethyl adjacent to an activating group) is 1. The first-order valence-corrected chi connectivity index (χ1v) is 5.48. The first kappa shape index (κ1) is 12.0. The van der Waals surface area contributed by atoms with Crippen molar-refractivity contribution >= 4 is 17.8 Å². The Labute approximate surface area is 98.2 Å². The van der Waals surface area contributed by atoms with Gasteiger partial charge < -0.3 is 9.47 Å². The van der Waals surface area contributed by atoms with Crippen molar-refractivity contribution in [3.8, 4) is 0 Å². The van der Waals surface area contributed by atoms with Crippen molar-refractivity contribution in [1.29, 1.82) is 0 Å². The number of imide groups is 2. The zero-order chi connectivity index (χ0) is 12.4. The van der Waals surface area contributed by atoms with E-state index >= 15 is 0 Å². The van der Waals surface area contributed by atoms with Crippen molar-refractivity contribution in [3.63, 3.8) is 0 Å². The highest BCUT2D eigenvalue weighted by Gasteiger charge is 2.42. The molecule has 2 aliphatic rings. The monoisotopic (exact) mass is 242 g/mol. The minimum atomic E-state index is -0.791. The lowest BCUT2D eigenvalue weighted by molar-refractivity contribution is -0.182. The quantitative estimate of drug-likeness (QED) is 0.495. The maximum Gasteiger partial charge on any atom is 0.333 e. The third-order valence-corrected chi connectivity index (χ3v) is 2.74. The number of carbonyl (C=O) groups excluding carboxylic acids is 3. The van der Waals surface area contributed by atoms with Gasteiger partial charge in [-0.25, -0.2) is 4.79 Å². The SMILES string of the molecule is CN1C(=O)C(=O)N(CCC2OCCCO2)C1=O. The Hall–Kier alpha value is -1.47. The van der Waals surface area contributed by atoms with Gasteiger partial charge in [0, 0.05) is 20.0 Å². The molecule has 0 saturated carbocycles. The van der Waals surface area contributed by atoms with E-state index in [2.05, 4.69) is 0 Å². The van der Waals surface area contributed by atoms with Crippen LogP contribution in [0.5, 0.6) is 0 Å². The third kappa shape index (κ3) is 2.29. The fourth-order valence-corrected chi connectivity index (χ4v) is 1.75. The number of carbonyl (C=O) groups is 3. The predicted molar refractivity (Wildman–Crippen MR) is 54.8 cm³/mol. The summed E-state index contributed by atoms with van der Waals surface area (Å²) < 4.78 is 10.6. The predicted octanol–water partition coefficient (Wildman–Crippen LogP) is -0.440. The topological polar surface area (TPSA) is 76.2 Å². The summed E-state index contributed by atoms with van der Waals surface area (Å²) in [6, 6.07) is -0.587. The summed E-state index contributed by atoms with van der Waals surface area (Å²) in [5.74, 6) is -1.58. The highest BCUT2D eigenvalue weighted by Crippen LogP contribution is 2.14. The molecule has 0 aliphatic carbocycles. The molecule has 0 radical (unpaired) electrons. The lowest BCUT2D eigenvalue weighted by atomic mass is 10.3. The van der Waals surface area contributed by atoms with Gasteiger partial charge in [-0.3, -0.25) is 19.4 Å². The van der Waals surface area contributed by atoms with E-state index in [1.807, 2.05) is 0 Å². The second kappa shape index (κ2) is 4.80. The van der Waals surface area contributed by atoms with Crippen molar-refractivity contribution < 1.29 is 23.9 Å². The molecular formula is C10H14N2O5. The molecule has 94 valence electrons. The first-order valence-electron chi connectivity index (χ1n) is 5.48. The number of ether oxygens (including phenoxy) is 2. The average molecular weight is 242 g/mol. The maximum atomic E-state index is 11.5. The van der Waals surface area contributed by atoms with Gasteiger partial charge in [0.15, 0.2) is 6.29 Å². The Morgan fingerprint density at radius 2 is 1.82 bits per heavy atom. The number of hydrogen-bond acceptors (Lipinski definition) is 5. The number of amides is 4. The van der Waals surface area contributed by atoms with Crippen molar-refractivity contribution in [2.75, 3.05) is 26.8 Å². The van der Waals surface area contributed by atoms with Crippen LogP contribution in [0.1, 0.15) is 12.8 Å². The zero-order valence-electron chi connectivity index (χ0n) is 9.55. The summed E-state index contributed by atoms with van der Waals surface area (Å²) in [5.41, 5.74) is 0. The van der Waals surface area contributed by atoms with Gasteiger partial charge in [0.1, 0.15) is 0 Å². The van der Waals surface area contributed by atoms with E-state index in [0.717, 1.165) is 16.2 Å². The van der Waals surface area contributed by atoms with Crippen LogP contribution in [-0.4, -0.2) is 60.7 Å². The number of hydrogen-bond donors (Lipinski definition) is 0. The van der Waals surface area contributed by atoms with Gasteiger partial charge in [0.05, 0.1) is 13.2 Å². The van der Waals surface area contributed by atoms with Crippen molar-refractivity contribution in [2.45, 2.75) is 19.1 Å². The van der Waals surface area contributed by atoms with E-state index in [4.69, 9.17) is 9.47 Å². The van der Waals surface area contributed by atoms with Crippen LogP contribution in [0.3, 0.4) is 0 Å². The molecule has 17 heavy (non-hydrogen) atoms. The molecule has 7 nitrogen and oxygen atoms in total. The molecule has 2 heterocycles. The fraction of sp³-hybridized carbons (Fsp3) is 0.700. The highest BCUT2D eigenvalue weighted by molar-refractivity contribution is 6.44. The van der Waals surface area contributed by atoms with Gasteiger partial charge >= 0.3 is 17.8 Å². The van der Waals surface area contributed by atoms with Crippen LogP contribution in [0, 0.1) is 0 Å². The van der Waals surface area contributed by atoms with E-state index in [9.17, 15) is 14.4 Å². The Kier molecular flexibility index (Phi) is 3.39. The standard InChI is InChI=1S/C10H14N2O5/c1-11-8(13)9(14)12(10(11)15)4-3-7-16-5-2-6-17-7/h7H,2-6H2,1H3. The maximum absolute atomic E-state index is 11.5. The smallest absolute Gasteiger partial charge is 0.333 e. The molecule has 4 amide bonds. The second-order valence-corrected chi connectivity index (χ2v) is 3.92. The Morgan fingerprint density at radius 1 is 1.18 bits per heavy atom. The van der Waals surface area contributed by atoms with Crippen LogP contribution >= 0.6 is 0 Å². The molecule has 0 atom stereocenters. The molecule has 0 N–H and O–H groups in total. The van der Waals surface area contributed by atoms with Crippen LogP contribution in [-0.2, 0) is 19.1 Å². The van der Waals surface area contributed by atoms with Crippen molar-refractivity contribution in [1.82, 2.24) is 9.80 Å². The molecule has 0 aromatic rings. The summed E-state index contributed by atoms with van der Waals surface area (Å²) in [7, 11) is 1.29. The second-order valence-electron chi connectivity index (χ2n) is 3.92. The van der Waals surface area contributed by atoms with Crippen molar-refractivity contribution in [2.24, 2.45) is 0 Å². The molecule has 0 aromatic heterocycles. The Bertz CT molecular complexity index is 351. The van der Waals surface area contributed by atoms with E-state index < -0.39 is 24.1 Å². The Balaban J connectivity index is 1.88. The molecule has 7 heteroatoms. The van der Waals surface area contributed by atoms with Crippen LogP contribution < -0.4 is 0 Å². The van der Waals surface area contributed by atoms with Crippen LogP contribution in [0.25, 0.3) is 0 Å². The van der Waals surface area contributed by atoms with E-state index in [0.29, 0.717) is 19.6 Å². The normalized spacial score (nSPS) is 22.8. The summed E-state index contributed by atoms with van der Waals surface area (Å²) in [6.07, 6.45) is 0.836. The number of nitrogens with zero attached hydrogens (tertiary/aromatic N) is 2. The molecule has 0 unspecified atom stereocenters. The Morgan fingerprint density at radius 3 is 2.35 bits per heavy atom. The summed E-state index contributed by atoms with van der Waals surface area (Å²) in [4.78, 5) is 35.9. The van der Waals surface area contributed by atoms with E-state index in [1.165, 1.54) is 7.05 Å². The summed E-state index contributed by atoms with van der Waals surface area (Å²) >= 11 is 0. The van der Waals surface area contributed by atoms with Crippen LogP contribution in [0.4, 0.5) is 4.79 Å². The van der Waals surface area contributed by atoms with Gasteiger partial charge in [-0.05, 0) is 6.42 Å². The zero-order valence-corrected chi connectivity index (χ0v) is 9.55. The minimum Gasteiger partial charge on any atom is -0.353 e. The van der Waals surface area contributed by atoms with Crippen LogP contribution in [0.15, 0.2) is 0 Å². The van der Waals surface area contributed by atoms with Gasteiger partial charge in [-0.15, -0.1) is 0 Å². The van der Waals surface area contributed by atoms with E-state index in [1.54, 1.807) is 0 Å². The summed E-state index contributed by atoms with van der Waals surface area (Å²) in [6.45, 7) is 1.37. The largest absolute Gasteiger partial charge is 0.353 e. The van der Waals surface area contributed by atoms with Gasteiger partial charge in [-0.2, -0.15) is 0 Å². The first-order chi connectivity index (χ1) is 8.11. The van der Waals surface area contributed by atoms with Crippen molar-refractivity contribution in [3.05, 3.63) is 0 Å². The molecule has 2 rings (SSSR count). The van der Waals surface area contributed by atoms with Gasteiger partial charge in [0.25, 0.3) is 0 Å². The molecule has 0 bridgehead atoms. The average Bonchev–Trinajstić information content (AvgIpc) is 2.54. The highest BCUT2D eigenvalue weighted by atomic mass is 16.7. The molecule has 0 spiro atoms. The summed E-state index contributed by atoms with van der Waals surface area (Å²) in [5, 5.41) is 0. The number of rotatable bonds is 3. The van der Waals surface area contributed by atoms with Crippen LogP contribution in [0.2, 0.25) is 0 Å².